The van der Waals surface area contributed by atoms with Crippen LogP contribution in [0.25, 0.3) is 0 Å². The maximum Gasteiger partial charge on any atom is 0.188 e. The van der Waals surface area contributed by atoms with Crippen LogP contribution in [0.2, 0.25) is 0 Å². The molecule has 0 bridgehead atoms. The van der Waals surface area contributed by atoms with Crippen LogP contribution in [0.15, 0.2) is 78.9 Å². The van der Waals surface area contributed by atoms with Gasteiger partial charge in [-0.15, -0.1) is 0 Å². The monoisotopic (exact) mass is 524 g/mol. The molecule has 0 aromatic heterocycles. The molecule has 30 heavy (non-hydrogen) atoms. The van der Waals surface area contributed by atoms with Crippen LogP contribution in [-0.2, 0) is 0 Å². The summed E-state index contributed by atoms with van der Waals surface area (Å²) in [5.41, 5.74) is 3.05. The van der Waals surface area contributed by atoms with Crippen molar-refractivity contribution in [3.05, 3.63) is 107 Å². The highest BCUT2D eigenvalue weighted by atomic mass is 79.9. The minimum atomic E-state index is -1.56. The van der Waals surface area contributed by atoms with Gasteiger partial charge in [0.2, 0.25) is 0 Å². The topological polar surface area (TPSA) is 51.2 Å². The normalized spacial score (nSPS) is 16.8. The maximum atomic E-state index is 13.5. The van der Waals surface area contributed by atoms with E-state index in [-0.39, 0.29) is 17.3 Å². The van der Waals surface area contributed by atoms with Crippen LogP contribution in [-0.4, -0.2) is 26.5 Å². The molecular weight excluding hydrogens is 508 g/mol. The van der Waals surface area contributed by atoms with E-state index < -0.39 is 15.1 Å². The van der Waals surface area contributed by atoms with E-state index in [9.17, 15) is 14.4 Å². The molecule has 0 N–H and O–H groups in total. The molecule has 4 rings (SSSR count). The molecule has 0 heterocycles. The van der Waals surface area contributed by atoms with Gasteiger partial charge in [-0.25, -0.2) is 0 Å². The fourth-order valence-corrected chi connectivity index (χ4v) is 6.22. The van der Waals surface area contributed by atoms with Crippen LogP contribution in [0.1, 0.15) is 48.1 Å². The zero-order valence-electron chi connectivity index (χ0n) is 16.1. The molecule has 0 radical (unpaired) electrons. The number of Topliss-reactive ketones (excluding diaryl/α,β-unsaturated/α-hetero) is 3. The summed E-state index contributed by atoms with van der Waals surface area (Å²) in [7, 11) is 0. The first kappa shape index (κ1) is 20.9. The Kier molecular flexibility index (Phi) is 5.60. The first-order chi connectivity index (χ1) is 14.4. The molecule has 0 saturated heterocycles. The lowest BCUT2D eigenvalue weighted by Crippen LogP contribution is -2.46. The van der Waals surface area contributed by atoms with Crippen molar-refractivity contribution in [2.45, 2.75) is 22.0 Å². The minimum Gasteiger partial charge on any atom is -0.293 e. The van der Waals surface area contributed by atoms with E-state index >= 15 is 0 Å². The molecule has 3 aromatic carbocycles. The number of aryl methyl sites for hydroxylation is 1. The summed E-state index contributed by atoms with van der Waals surface area (Å²) in [6, 6.07) is 23.3. The van der Waals surface area contributed by atoms with Crippen LogP contribution in [0.3, 0.4) is 0 Å². The number of fused-ring (bicyclic) bond motifs is 1. The van der Waals surface area contributed by atoms with Gasteiger partial charge in [-0.2, -0.15) is 0 Å². The van der Waals surface area contributed by atoms with E-state index in [0.29, 0.717) is 16.7 Å². The second kappa shape index (κ2) is 8.05. The molecule has 3 nitrogen and oxygen atoms in total. The Morgan fingerprint density at radius 3 is 1.83 bits per heavy atom. The van der Waals surface area contributed by atoms with Crippen molar-refractivity contribution in [2.75, 3.05) is 0 Å². The molecule has 0 unspecified atom stereocenters. The molecule has 5 heteroatoms. The highest BCUT2D eigenvalue weighted by molar-refractivity contribution is 9.11. The zero-order valence-corrected chi connectivity index (χ0v) is 19.3. The average molecular weight is 526 g/mol. The summed E-state index contributed by atoms with van der Waals surface area (Å²) >= 11 is 7.10. The number of benzene rings is 3. The van der Waals surface area contributed by atoms with E-state index in [1.165, 1.54) is 0 Å². The number of alkyl halides is 2. The van der Waals surface area contributed by atoms with Gasteiger partial charge in [0, 0.05) is 22.6 Å². The minimum absolute atomic E-state index is 0.181. The van der Waals surface area contributed by atoms with Gasteiger partial charge in [-0.05, 0) is 12.5 Å². The summed E-state index contributed by atoms with van der Waals surface area (Å²) in [4.78, 5) is 39.5. The molecule has 3 aromatic rings. The quantitative estimate of drug-likeness (QED) is 0.235. The number of hydrogen-bond donors (Lipinski definition) is 0. The van der Waals surface area contributed by atoms with Crippen LogP contribution in [0.4, 0.5) is 0 Å². The lowest BCUT2D eigenvalue weighted by Gasteiger charge is -2.33. The second-order valence-electron chi connectivity index (χ2n) is 7.44. The third-order valence-corrected chi connectivity index (χ3v) is 7.70. The Morgan fingerprint density at radius 2 is 1.30 bits per heavy atom. The Bertz CT molecular complexity index is 1100. The van der Waals surface area contributed by atoms with E-state index in [1.54, 1.807) is 36.4 Å². The Balaban J connectivity index is 1.84. The fourth-order valence-electron chi connectivity index (χ4n) is 3.95. The van der Waals surface area contributed by atoms with Crippen LogP contribution in [0.5, 0.6) is 0 Å². The Labute approximate surface area is 191 Å². The van der Waals surface area contributed by atoms with Gasteiger partial charge >= 0.3 is 0 Å². The molecule has 0 saturated carbocycles. The molecule has 1 aliphatic rings. The second-order valence-corrected chi connectivity index (χ2v) is 9.67. The third kappa shape index (κ3) is 3.30. The lowest BCUT2D eigenvalue weighted by molar-refractivity contribution is 0.0844. The van der Waals surface area contributed by atoms with Gasteiger partial charge in [-0.3, -0.25) is 14.4 Å². The molecule has 0 amide bonds. The number of carbonyl (C=O) groups excluding carboxylic acids is 3. The molecule has 2 atom stereocenters. The summed E-state index contributed by atoms with van der Waals surface area (Å²) in [6.45, 7) is 1.95. The zero-order chi connectivity index (χ0) is 21.5. The third-order valence-electron chi connectivity index (χ3n) is 5.54. The summed E-state index contributed by atoms with van der Waals surface area (Å²) in [5, 5.41) is 0. The van der Waals surface area contributed by atoms with E-state index in [2.05, 4.69) is 31.9 Å². The van der Waals surface area contributed by atoms with E-state index in [4.69, 9.17) is 0 Å². The average Bonchev–Trinajstić information content (AvgIpc) is 2.96. The van der Waals surface area contributed by atoms with E-state index in [1.807, 2.05) is 49.4 Å². The lowest BCUT2D eigenvalue weighted by atomic mass is 9.78. The largest absolute Gasteiger partial charge is 0.293 e. The van der Waals surface area contributed by atoms with Crippen molar-refractivity contribution in [2.24, 2.45) is 0 Å². The molecule has 150 valence electrons. The van der Waals surface area contributed by atoms with Crippen LogP contribution in [0, 0.1) is 6.92 Å². The number of rotatable bonds is 5. The highest BCUT2D eigenvalue weighted by Crippen LogP contribution is 2.49. The first-order valence-electron chi connectivity index (χ1n) is 9.53. The number of hydrogen-bond acceptors (Lipinski definition) is 3. The predicted molar refractivity (Wildman–Crippen MR) is 124 cm³/mol. The van der Waals surface area contributed by atoms with Gasteiger partial charge in [0.05, 0.1) is 4.83 Å². The summed E-state index contributed by atoms with van der Waals surface area (Å²) in [6.07, 6.45) is 0. The molecule has 0 aliphatic heterocycles. The SMILES string of the molecule is Cc1ccc(C(=O)[C@@H](Br)[C@@H](c2ccccc2)C2(Br)C(=O)c3ccccc3C2=O)cc1. The van der Waals surface area contributed by atoms with Crippen molar-refractivity contribution in [1.82, 2.24) is 0 Å². The first-order valence-corrected chi connectivity index (χ1v) is 11.2. The van der Waals surface area contributed by atoms with Gasteiger partial charge in [0.15, 0.2) is 21.7 Å². The number of halogens is 2. The molecule has 0 fully saturated rings. The van der Waals surface area contributed by atoms with Crippen molar-refractivity contribution in [3.63, 3.8) is 0 Å². The Hall–Kier alpha value is -2.37. The standard InChI is InChI=1S/C25H18Br2O3/c1-15-11-13-17(14-12-15)22(28)21(26)20(16-7-3-2-4-8-16)25(27)23(29)18-9-5-6-10-19(18)24(25)30/h2-14,20-21H,1H3/t20-,21+/m1/s1. The van der Waals surface area contributed by atoms with Gasteiger partial charge in [0.25, 0.3) is 0 Å². The van der Waals surface area contributed by atoms with Crippen LogP contribution >= 0.6 is 31.9 Å². The number of ketones is 3. The highest BCUT2D eigenvalue weighted by Gasteiger charge is 2.59. The summed E-state index contributed by atoms with van der Waals surface area (Å²) in [5.74, 6) is -1.56. The number of carbonyl (C=O) groups is 3. The van der Waals surface area contributed by atoms with Crippen molar-refractivity contribution < 1.29 is 14.4 Å². The van der Waals surface area contributed by atoms with Crippen molar-refractivity contribution in [3.8, 4) is 0 Å². The van der Waals surface area contributed by atoms with Crippen molar-refractivity contribution >= 4 is 49.2 Å². The Morgan fingerprint density at radius 1 is 0.800 bits per heavy atom. The van der Waals surface area contributed by atoms with Gasteiger partial charge in [-0.1, -0.05) is 116 Å². The molecule has 1 aliphatic carbocycles. The molecule has 0 spiro atoms. The smallest absolute Gasteiger partial charge is 0.188 e. The molecular formula is C25H18Br2O3. The maximum absolute atomic E-state index is 13.5. The van der Waals surface area contributed by atoms with Crippen molar-refractivity contribution in [1.29, 1.82) is 0 Å². The van der Waals surface area contributed by atoms with Gasteiger partial charge < -0.3 is 0 Å². The summed E-state index contributed by atoms with van der Waals surface area (Å²) < 4.78 is -1.56. The fraction of sp³-hybridized carbons (Fsp3) is 0.160. The van der Waals surface area contributed by atoms with Gasteiger partial charge in [0.1, 0.15) is 0 Å². The van der Waals surface area contributed by atoms with Crippen LogP contribution < -0.4 is 0 Å². The van der Waals surface area contributed by atoms with E-state index in [0.717, 1.165) is 11.1 Å². The predicted octanol–water partition coefficient (Wildman–Crippen LogP) is 5.94.